The smallest absolute Gasteiger partial charge is 0.243 e. The Bertz CT molecular complexity index is 605. The Morgan fingerprint density at radius 2 is 1.90 bits per heavy atom. The molecule has 0 bridgehead atoms. The number of rotatable bonds is 4. The molecule has 0 saturated carbocycles. The van der Waals surface area contributed by atoms with Crippen LogP contribution in [0.15, 0.2) is 23.1 Å². The Kier molecular flexibility index (Phi) is 4.33. The van der Waals surface area contributed by atoms with Gasteiger partial charge >= 0.3 is 0 Å². The van der Waals surface area contributed by atoms with Crippen molar-refractivity contribution in [3.05, 3.63) is 29.3 Å². The summed E-state index contributed by atoms with van der Waals surface area (Å²) in [6, 6.07) is 6.14. The van der Waals surface area contributed by atoms with Crippen LogP contribution in [0.1, 0.15) is 37.3 Å². The lowest BCUT2D eigenvalue weighted by atomic mass is 10.1. The number of hydrogen-bond donors (Lipinski definition) is 1. The Hall–Kier alpha value is -0.910. The normalized spacial score (nSPS) is 20.6. The van der Waals surface area contributed by atoms with Crippen LogP contribution in [-0.4, -0.2) is 38.4 Å². The minimum atomic E-state index is -3.32. The van der Waals surface area contributed by atoms with E-state index in [1.807, 2.05) is 12.1 Å². The highest BCUT2D eigenvalue weighted by molar-refractivity contribution is 7.89. The molecule has 21 heavy (non-hydrogen) atoms. The number of nitrogens with one attached hydrogen (secondary N) is 1. The van der Waals surface area contributed by atoms with Gasteiger partial charge in [-0.05, 0) is 61.9 Å². The highest BCUT2D eigenvalue weighted by Crippen LogP contribution is 2.27. The van der Waals surface area contributed by atoms with Crippen LogP contribution in [0.3, 0.4) is 0 Å². The van der Waals surface area contributed by atoms with E-state index in [-0.39, 0.29) is 0 Å². The summed E-state index contributed by atoms with van der Waals surface area (Å²) in [7, 11) is -3.32. The largest absolute Gasteiger partial charge is 0.314 e. The van der Waals surface area contributed by atoms with Crippen molar-refractivity contribution in [2.75, 3.05) is 19.6 Å². The summed E-state index contributed by atoms with van der Waals surface area (Å²) in [6.07, 6.45) is 5.05. The fourth-order valence-corrected chi connectivity index (χ4v) is 4.97. The summed E-state index contributed by atoms with van der Waals surface area (Å²) in [6.45, 7) is 4.28. The van der Waals surface area contributed by atoms with E-state index in [1.54, 1.807) is 10.4 Å². The van der Waals surface area contributed by atoms with Gasteiger partial charge in [-0.1, -0.05) is 13.0 Å². The zero-order valence-electron chi connectivity index (χ0n) is 12.6. The molecule has 0 atom stereocenters. The summed E-state index contributed by atoms with van der Waals surface area (Å²) in [5, 5.41) is 3.41. The first-order chi connectivity index (χ1) is 10.1. The first kappa shape index (κ1) is 15.0. The number of sulfonamides is 1. The predicted molar refractivity (Wildman–Crippen MR) is 83.9 cm³/mol. The molecular formula is C16H24N2O2S. The molecule has 0 unspecified atom stereocenters. The van der Waals surface area contributed by atoms with E-state index in [4.69, 9.17) is 0 Å². The highest BCUT2D eigenvalue weighted by atomic mass is 32.2. The van der Waals surface area contributed by atoms with Crippen LogP contribution in [-0.2, 0) is 22.9 Å². The second kappa shape index (κ2) is 6.07. The fourth-order valence-electron chi connectivity index (χ4n) is 3.45. The van der Waals surface area contributed by atoms with Crippen LogP contribution in [0.4, 0.5) is 0 Å². The molecule has 0 amide bonds. The van der Waals surface area contributed by atoms with Gasteiger partial charge in [-0.25, -0.2) is 8.42 Å². The number of fused-ring (bicyclic) bond motifs is 1. The fraction of sp³-hybridized carbons (Fsp3) is 0.625. The molecule has 1 saturated heterocycles. The molecule has 2 aliphatic rings. The summed E-state index contributed by atoms with van der Waals surface area (Å²) >= 11 is 0. The standard InChI is InChI=1S/C16H24N2O2S/c1-2-17-15-8-10-18(11-9-15)21(19,20)16-7-6-13-4-3-5-14(13)12-16/h6-7,12,15,17H,2-5,8-11H2,1H3. The number of piperidine rings is 1. The molecule has 4 nitrogen and oxygen atoms in total. The van der Waals surface area contributed by atoms with Gasteiger partial charge in [0.2, 0.25) is 10.0 Å². The van der Waals surface area contributed by atoms with Crippen LogP contribution in [0.2, 0.25) is 0 Å². The van der Waals surface area contributed by atoms with Crippen molar-refractivity contribution in [2.45, 2.75) is 50.0 Å². The predicted octanol–water partition coefficient (Wildman–Crippen LogP) is 1.94. The third kappa shape index (κ3) is 3.00. The molecule has 1 heterocycles. The van der Waals surface area contributed by atoms with Gasteiger partial charge in [0.15, 0.2) is 0 Å². The summed E-state index contributed by atoms with van der Waals surface area (Å²) in [5.41, 5.74) is 2.54. The van der Waals surface area contributed by atoms with Crippen molar-refractivity contribution in [1.82, 2.24) is 9.62 Å². The minimum Gasteiger partial charge on any atom is -0.314 e. The van der Waals surface area contributed by atoms with Gasteiger partial charge in [0.1, 0.15) is 0 Å². The molecule has 1 N–H and O–H groups in total. The summed E-state index contributed by atoms with van der Waals surface area (Å²) < 4.78 is 27.2. The van der Waals surface area contributed by atoms with Crippen LogP contribution in [0.25, 0.3) is 0 Å². The lowest BCUT2D eigenvalue weighted by molar-refractivity contribution is 0.292. The molecule has 116 valence electrons. The number of aryl methyl sites for hydroxylation is 2. The third-order valence-corrected chi connectivity index (χ3v) is 6.55. The number of nitrogens with zero attached hydrogens (tertiary/aromatic N) is 1. The second-order valence-electron chi connectivity index (χ2n) is 6.02. The van der Waals surface area contributed by atoms with E-state index in [2.05, 4.69) is 12.2 Å². The van der Waals surface area contributed by atoms with Gasteiger partial charge < -0.3 is 5.32 Å². The average molecular weight is 308 g/mol. The van der Waals surface area contributed by atoms with Crippen LogP contribution in [0, 0.1) is 0 Å². The van der Waals surface area contributed by atoms with E-state index in [0.717, 1.165) is 38.6 Å². The first-order valence-corrected chi connectivity index (χ1v) is 9.40. The van der Waals surface area contributed by atoms with Crippen molar-refractivity contribution in [3.8, 4) is 0 Å². The van der Waals surface area contributed by atoms with Gasteiger partial charge in [0, 0.05) is 19.1 Å². The van der Waals surface area contributed by atoms with Crippen LogP contribution < -0.4 is 5.32 Å². The summed E-state index contributed by atoms with van der Waals surface area (Å²) in [4.78, 5) is 0.477. The molecular weight excluding hydrogens is 284 g/mol. The molecule has 0 spiro atoms. The molecule has 1 aromatic carbocycles. The van der Waals surface area contributed by atoms with Crippen LogP contribution in [0.5, 0.6) is 0 Å². The maximum Gasteiger partial charge on any atom is 0.243 e. The molecule has 1 fully saturated rings. The lowest BCUT2D eigenvalue weighted by Crippen LogP contribution is -2.44. The Balaban J connectivity index is 1.75. The zero-order valence-corrected chi connectivity index (χ0v) is 13.5. The van der Waals surface area contributed by atoms with Gasteiger partial charge in [0.05, 0.1) is 4.90 Å². The quantitative estimate of drug-likeness (QED) is 0.925. The third-order valence-electron chi connectivity index (χ3n) is 4.65. The van der Waals surface area contributed by atoms with Crippen molar-refractivity contribution in [1.29, 1.82) is 0 Å². The molecule has 0 aromatic heterocycles. The van der Waals surface area contributed by atoms with E-state index in [9.17, 15) is 8.42 Å². The van der Waals surface area contributed by atoms with E-state index >= 15 is 0 Å². The lowest BCUT2D eigenvalue weighted by Gasteiger charge is -2.31. The van der Waals surface area contributed by atoms with E-state index < -0.39 is 10.0 Å². The zero-order chi connectivity index (χ0) is 14.9. The van der Waals surface area contributed by atoms with E-state index in [0.29, 0.717) is 24.0 Å². The van der Waals surface area contributed by atoms with Gasteiger partial charge in [0.25, 0.3) is 0 Å². The van der Waals surface area contributed by atoms with E-state index in [1.165, 1.54) is 11.1 Å². The molecule has 1 aromatic rings. The maximum absolute atomic E-state index is 12.8. The average Bonchev–Trinajstić information content (AvgIpc) is 2.95. The maximum atomic E-state index is 12.8. The van der Waals surface area contributed by atoms with Crippen LogP contribution >= 0.6 is 0 Å². The molecule has 3 rings (SSSR count). The highest BCUT2D eigenvalue weighted by Gasteiger charge is 2.29. The first-order valence-electron chi connectivity index (χ1n) is 7.96. The second-order valence-corrected chi connectivity index (χ2v) is 7.96. The summed E-state index contributed by atoms with van der Waals surface area (Å²) in [5.74, 6) is 0. The number of hydrogen-bond acceptors (Lipinski definition) is 3. The van der Waals surface area contributed by atoms with Crippen molar-refractivity contribution < 1.29 is 8.42 Å². The van der Waals surface area contributed by atoms with Crippen molar-refractivity contribution in [2.24, 2.45) is 0 Å². The van der Waals surface area contributed by atoms with Gasteiger partial charge in [-0.3, -0.25) is 0 Å². The molecule has 5 heteroatoms. The molecule has 1 aliphatic carbocycles. The topological polar surface area (TPSA) is 49.4 Å². The molecule has 0 radical (unpaired) electrons. The minimum absolute atomic E-state index is 0.460. The Morgan fingerprint density at radius 3 is 2.62 bits per heavy atom. The van der Waals surface area contributed by atoms with Crippen molar-refractivity contribution >= 4 is 10.0 Å². The Morgan fingerprint density at radius 1 is 1.19 bits per heavy atom. The molecule has 1 aliphatic heterocycles. The monoisotopic (exact) mass is 308 g/mol. The SMILES string of the molecule is CCNC1CCN(S(=O)(=O)c2ccc3c(c2)CCC3)CC1. The van der Waals surface area contributed by atoms with Gasteiger partial charge in [-0.15, -0.1) is 0 Å². The van der Waals surface area contributed by atoms with Crippen molar-refractivity contribution in [3.63, 3.8) is 0 Å². The van der Waals surface area contributed by atoms with Gasteiger partial charge in [-0.2, -0.15) is 4.31 Å². The number of benzene rings is 1. The Labute approximate surface area is 127 Å².